The summed E-state index contributed by atoms with van der Waals surface area (Å²) in [7, 11) is 3.11. The Morgan fingerprint density at radius 1 is 0.973 bits per heavy atom. The number of methoxy groups -OCH3 is 2. The van der Waals surface area contributed by atoms with Crippen LogP contribution in [0.3, 0.4) is 0 Å². The predicted octanol–water partition coefficient (Wildman–Crippen LogP) is 4.65. The fourth-order valence-electron chi connectivity index (χ4n) is 4.55. The van der Waals surface area contributed by atoms with Gasteiger partial charge in [-0.2, -0.15) is 0 Å². The molecule has 1 aliphatic heterocycles. The monoisotopic (exact) mass is 510 g/mol. The van der Waals surface area contributed by atoms with Crippen molar-refractivity contribution < 1.29 is 28.9 Å². The Morgan fingerprint density at radius 2 is 1.68 bits per heavy atom. The van der Waals surface area contributed by atoms with Gasteiger partial charge in [0.1, 0.15) is 11.5 Å². The molecule has 0 unspecified atom stereocenters. The van der Waals surface area contributed by atoms with Gasteiger partial charge in [-0.15, -0.1) is 0 Å². The number of benzene rings is 2. The first kappa shape index (κ1) is 28.1. The van der Waals surface area contributed by atoms with Gasteiger partial charge in [0.2, 0.25) is 0 Å². The number of nitrogens with zero attached hydrogens (tertiary/aromatic N) is 2. The smallest absolute Gasteiger partial charge is 0.295 e. The minimum absolute atomic E-state index is 0.0577. The van der Waals surface area contributed by atoms with Gasteiger partial charge in [-0.1, -0.05) is 26.8 Å². The molecule has 0 radical (unpaired) electrons. The topological polar surface area (TPSA) is 88.5 Å². The van der Waals surface area contributed by atoms with Crippen LogP contribution in [0.2, 0.25) is 0 Å². The minimum atomic E-state index is -0.757. The van der Waals surface area contributed by atoms with Gasteiger partial charge in [-0.25, -0.2) is 0 Å². The maximum Gasteiger partial charge on any atom is 0.295 e. The molecule has 1 N–H and O–H groups in total. The van der Waals surface area contributed by atoms with Crippen molar-refractivity contribution in [2.24, 2.45) is 0 Å². The van der Waals surface area contributed by atoms with Crippen LogP contribution in [0.5, 0.6) is 17.2 Å². The number of aliphatic hydroxyl groups is 1. The van der Waals surface area contributed by atoms with Crippen LogP contribution in [0, 0.1) is 0 Å². The minimum Gasteiger partial charge on any atom is -0.507 e. The van der Waals surface area contributed by atoms with Gasteiger partial charge in [-0.3, -0.25) is 9.59 Å². The second-order valence-corrected chi connectivity index (χ2v) is 8.86. The molecule has 0 aliphatic carbocycles. The van der Waals surface area contributed by atoms with E-state index in [9.17, 15) is 14.7 Å². The first-order chi connectivity index (χ1) is 17.9. The van der Waals surface area contributed by atoms with Crippen LogP contribution in [0.25, 0.3) is 5.76 Å². The van der Waals surface area contributed by atoms with Gasteiger partial charge in [0.25, 0.3) is 11.7 Å². The zero-order valence-electron chi connectivity index (χ0n) is 22.5. The van der Waals surface area contributed by atoms with Crippen molar-refractivity contribution in [1.82, 2.24) is 9.80 Å². The largest absolute Gasteiger partial charge is 0.507 e. The number of likely N-dealkylation sites (tertiary alicyclic amines) is 1. The Balaban J connectivity index is 2.07. The summed E-state index contributed by atoms with van der Waals surface area (Å²) in [5.74, 6) is 0.169. The van der Waals surface area contributed by atoms with Crippen LogP contribution >= 0.6 is 0 Å². The van der Waals surface area contributed by atoms with E-state index in [-0.39, 0.29) is 11.3 Å². The van der Waals surface area contributed by atoms with Crippen molar-refractivity contribution in [3.63, 3.8) is 0 Å². The van der Waals surface area contributed by atoms with Crippen LogP contribution in [0.15, 0.2) is 48.0 Å². The normalized spacial score (nSPS) is 16.9. The number of hydrogen-bond acceptors (Lipinski definition) is 7. The molecule has 8 heteroatoms. The van der Waals surface area contributed by atoms with Crippen molar-refractivity contribution >= 4 is 17.4 Å². The van der Waals surface area contributed by atoms with Gasteiger partial charge in [-0.05, 0) is 74.4 Å². The zero-order chi connectivity index (χ0) is 26.9. The van der Waals surface area contributed by atoms with Crippen molar-refractivity contribution in [3.05, 3.63) is 59.2 Å². The quantitative estimate of drug-likeness (QED) is 0.238. The summed E-state index contributed by atoms with van der Waals surface area (Å²) in [4.78, 5) is 30.4. The Bertz CT molecular complexity index is 1110. The fraction of sp³-hybridized carbons (Fsp3) is 0.448. The van der Waals surface area contributed by atoms with Crippen molar-refractivity contribution in [1.29, 1.82) is 0 Å². The summed E-state index contributed by atoms with van der Waals surface area (Å²) in [6, 6.07) is 11.4. The van der Waals surface area contributed by atoms with Crippen LogP contribution in [-0.4, -0.2) is 73.6 Å². The number of ketones is 1. The third-order valence-electron chi connectivity index (χ3n) is 6.64. The number of amides is 1. The van der Waals surface area contributed by atoms with E-state index in [1.54, 1.807) is 55.5 Å². The van der Waals surface area contributed by atoms with E-state index in [4.69, 9.17) is 14.2 Å². The van der Waals surface area contributed by atoms with Gasteiger partial charge < -0.3 is 29.1 Å². The summed E-state index contributed by atoms with van der Waals surface area (Å²) >= 11 is 0. The number of rotatable bonds is 13. The number of carbonyl (C=O) groups is 2. The second-order valence-electron chi connectivity index (χ2n) is 8.86. The molecule has 1 saturated heterocycles. The number of carbonyl (C=O) groups excluding carboxylic acids is 2. The first-order valence-corrected chi connectivity index (χ1v) is 12.9. The Hall–Kier alpha value is -3.52. The molecule has 2 aromatic carbocycles. The third kappa shape index (κ3) is 6.25. The molecule has 0 bridgehead atoms. The second kappa shape index (κ2) is 13.1. The molecule has 200 valence electrons. The highest BCUT2D eigenvalue weighted by Gasteiger charge is 2.46. The van der Waals surface area contributed by atoms with Gasteiger partial charge in [0, 0.05) is 12.1 Å². The maximum absolute atomic E-state index is 13.3. The number of hydrogen-bond donors (Lipinski definition) is 1. The van der Waals surface area contributed by atoms with Crippen LogP contribution < -0.4 is 14.2 Å². The summed E-state index contributed by atoms with van der Waals surface area (Å²) in [5, 5.41) is 11.3. The van der Waals surface area contributed by atoms with Gasteiger partial charge >= 0.3 is 0 Å². The average Bonchev–Trinajstić information content (AvgIpc) is 3.18. The maximum atomic E-state index is 13.3. The fourth-order valence-corrected chi connectivity index (χ4v) is 4.55. The number of ether oxygens (including phenoxy) is 3. The number of aliphatic hydroxyl groups excluding tert-OH is 1. The molecule has 1 fully saturated rings. The van der Waals surface area contributed by atoms with Crippen molar-refractivity contribution in [2.45, 2.75) is 39.7 Å². The van der Waals surface area contributed by atoms with E-state index in [1.807, 2.05) is 13.0 Å². The molecule has 37 heavy (non-hydrogen) atoms. The molecular weight excluding hydrogens is 472 g/mol. The highest BCUT2D eigenvalue weighted by atomic mass is 16.5. The molecule has 0 aromatic heterocycles. The van der Waals surface area contributed by atoms with Crippen molar-refractivity contribution in [2.75, 3.05) is 47.0 Å². The van der Waals surface area contributed by atoms with E-state index >= 15 is 0 Å². The highest BCUT2D eigenvalue weighted by Crippen LogP contribution is 2.42. The Morgan fingerprint density at radius 3 is 2.27 bits per heavy atom. The van der Waals surface area contributed by atoms with Gasteiger partial charge in [0.15, 0.2) is 11.5 Å². The molecule has 8 nitrogen and oxygen atoms in total. The summed E-state index contributed by atoms with van der Waals surface area (Å²) in [6.07, 6.45) is 1.54. The standard InChI is InChI=1S/C29H38N2O6/c1-6-18-37-23-15-12-21(19-24(23)36-5)26-25(27(32)20-10-13-22(35-4)14-11-20)28(33)29(34)31(26)17-9-16-30(7-2)8-3/h10-15,19,26,32H,6-9,16-18H2,1-5H3/b27-25+/t26-/m1/s1. The van der Waals surface area contributed by atoms with Crippen LogP contribution in [0.4, 0.5) is 0 Å². The molecule has 1 heterocycles. The molecule has 0 spiro atoms. The number of Topliss-reactive ketones (excluding diaryl/α,β-unsaturated/α-hetero) is 1. The lowest BCUT2D eigenvalue weighted by Gasteiger charge is -2.27. The summed E-state index contributed by atoms with van der Waals surface area (Å²) < 4.78 is 16.6. The first-order valence-electron chi connectivity index (χ1n) is 12.9. The van der Waals surface area contributed by atoms with Crippen molar-refractivity contribution in [3.8, 4) is 17.2 Å². The molecule has 0 saturated carbocycles. The zero-order valence-corrected chi connectivity index (χ0v) is 22.5. The van der Waals surface area contributed by atoms with Gasteiger partial charge in [0.05, 0.1) is 32.4 Å². The van der Waals surface area contributed by atoms with E-state index < -0.39 is 17.7 Å². The van der Waals surface area contributed by atoms with E-state index in [0.717, 1.165) is 26.1 Å². The molecular formula is C29H38N2O6. The molecule has 3 rings (SSSR count). The SMILES string of the molecule is CCCOc1ccc([C@@H]2/C(=C(\O)c3ccc(OC)cc3)C(=O)C(=O)N2CCCN(CC)CC)cc1OC. The lowest BCUT2D eigenvalue weighted by Crippen LogP contribution is -2.33. The highest BCUT2D eigenvalue weighted by molar-refractivity contribution is 6.46. The van der Waals surface area contributed by atoms with Crippen LogP contribution in [0.1, 0.15) is 50.8 Å². The Kier molecular flexibility index (Phi) is 9.97. The molecule has 1 amide bonds. The predicted molar refractivity (Wildman–Crippen MR) is 143 cm³/mol. The molecule has 1 aliphatic rings. The Labute approximate surface area is 219 Å². The third-order valence-corrected chi connectivity index (χ3v) is 6.64. The average molecular weight is 511 g/mol. The van der Waals surface area contributed by atoms with E-state index in [0.29, 0.717) is 47.9 Å². The van der Waals surface area contributed by atoms with E-state index in [2.05, 4.69) is 18.7 Å². The molecule has 1 atom stereocenters. The lowest BCUT2D eigenvalue weighted by atomic mass is 9.95. The lowest BCUT2D eigenvalue weighted by molar-refractivity contribution is -0.140. The summed E-state index contributed by atoms with van der Waals surface area (Å²) in [6.45, 7) is 9.75. The van der Waals surface area contributed by atoms with E-state index in [1.165, 1.54) is 0 Å². The summed E-state index contributed by atoms with van der Waals surface area (Å²) in [5.41, 5.74) is 1.15. The van der Waals surface area contributed by atoms with Crippen LogP contribution in [-0.2, 0) is 9.59 Å². The molecule has 2 aromatic rings.